The minimum atomic E-state index is -0.0282. The number of carbonyl (C=O) groups is 1. The largest absolute Gasteiger partial charge is 0.385 e. The van der Waals surface area contributed by atoms with E-state index in [1.165, 1.54) is 0 Å². The second kappa shape index (κ2) is 6.38. The van der Waals surface area contributed by atoms with E-state index in [1.807, 2.05) is 42.6 Å². The maximum Gasteiger partial charge on any atom is 0.251 e. The summed E-state index contributed by atoms with van der Waals surface area (Å²) >= 11 is 1.65. The van der Waals surface area contributed by atoms with E-state index in [4.69, 9.17) is 0 Å². The molecule has 0 aliphatic heterocycles. The number of carbonyl (C=O) groups excluding carboxylic acids is 1. The van der Waals surface area contributed by atoms with Crippen LogP contribution in [-0.2, 0) is 6.54 Å². The minimum absolute atomic E-state index is 0.0282. The Kier molecular flexibility index (Phi) is 4.58. The predicted molar refractivity (Wildman–Crippen MR) is 80.8 cm³/mol. The molecule has 2 aromatic rings. The average Bonchev–Trinajstić information content (AvgIpc) is 2.91. The molecule has 0 aliphatic carbocycles. The number of nitrogens with one attached hydrogen (secondary N) is 2. The van der Waals surface area contributed by atoms with E-state index in [0.29, 0.717) is 12.1 Å². The van der Waals surface area contributed by atoms with Crippen LogP contribution in [0.25, 0.3) is 0 Å². The van der Waals surface area contributed by atoms with E-state index in [1.54, 1.807) is 11.3 Å². The van der Waals surface area contributed by atoms with Gasteiger partial charge in [0.2, 0.25) is 0 Å². The van der Waals surface area contributed by atoms with E-state index < -0.39 is 0 Å². The van der Waals surface area contributed by atoms with Crippen LogP contribution in [0.2, 0.25) is 0 Å². The number of aryl methyl sites for hydroxylation is 1. The third-order valence-electron chi connectivity index (χ3n) is 2.86. The zero-order chi connectivity index (χ0) is 13.7. The van der Waals surface area contributed by atoms with Crippen molar-refractivity contribution in [1.82, 2.24) is 5.32 Å². The molecule has 0 aliphatic rings. The summed E-state index contributed by atoms with van der Waals surface area (Å²) in [7, 11) is 0. The molecule has 19 heavy (non-hydrogen) atoms. The number of benzene rings is 1. The van der Waals surface area contributed by atoms with Gasteiger partial charge in [0.1, 0.15) is 0 Å². The van der Waals surface area contributed by atoms with Crippen LogP contribution in [0.4, 0.5) is 5.69 Å². The third-order valence-corrected chi connectivity index (χ3v) is 3.74. The Bertz CT molecular complexity index is 549. The molecule has 1 aromatic carbocycles. The summed E-state index contributed by atoms with van der Waals surface area (Å²) in [6.07, 6.45) is 0. The Morgan fingerprint density at radius 1 is 1.32 bits per heavy atom. The van der Waals surface area contributed by atoms with Crippen molar-refractivity contribution >= 4 is 22.9 Å². The SMILES string of the molecule is CCNc1ccc(C(=O)NCc2cccs2)cc1C. The summed E-state index contributed by atoms with van der Waals surface area (Å²) in [5, 5.41) is 8.21. The first-order valence-corrected chi connectivity index (χ1v) is 7.23. The second-order valence-corrected chi connectivity index (χ2v) is 5.35. The van der Waals surface area contributed by atoms with Crippen molar-refractivity contribution in [3.8, 4) is 0 Å². The molecule has 1 aromatic heterocycles. The van der Waals surface area contributed by atoms with Gasteiger partial charge < -0.3 is 10.6 Å². The van der Waals surface area contributed by atoms with E-state index >= 15 is 0 Å². The zero-order valence-electron chi connectivity index (χ0n) is 11.2. The smallest absolute Gasteiger partial charge is 0.251 e. The van der Waals surface area contributed by atoms with Gasteiger partial charge in [-0.2, -0.15) is 0 Å². The molecule has 4 heteroatoms. The number of rotatable bonds is 5. The summed E-state index contributed by atoms with van der Waals surface area (Å²) in [5.41, 5.74) is 2.87. The molecule has 1 amide bonds. The Labute approximate surface area is 117 Å². The predicted octanol–water partition coefficient (Wildman–Crippen LogP) is 3.42. The van der Waals surface area contributed by atoms with Gasteiger partial charge in [0.15, 0.2) is 0 Å². The number of amides is 1. The highest BCUT2D eigenvalue weighted by molar-refractivity contribution is 7.09. The van der Waals surface area contributed by atoms with E-state index in [0.717, 1.165) is 22.7 Å². The van der Waals surface area contributed by atoms with Gasteiger partial charge in [-0.25, -0.2) is 0 Å². The molecular formula is C15H18N2OS. The van der Waals surface area contributed by atoms with Gasteiger partial charge in [0, 0.05) is 22.7 Å². The molecule has 0 saturated carbocycles. The van der Waals surface area contributed by atoms with Crippen molar-refractivity contribution in [3.63, 3.8) is 0 Å². The van der Waals surface area contributed by atoms with Crippen LogP contribution in [0.5, 0.6) is 0 Å². The number of hydrogen-bond donors (Lipinski definition) is 2. The molecule has 0 atom stereocenters. The monoisotopic (exact) mass is 274 g/mol. The Hall–Kier alpha value is -1.81. The lowest BCUT2D eigenvalue weighted by Gasteiger charge is -2.09. The molecule has 0 fully saturated rings. The fraction of sp³-hybridized carbons (Fsp3) is 0.267. The van der Waals surface area contributed by atoms with Crippen LogP contribution in [0.1, 0.15) is 27.7 Å². The molecular weight excluding hydrogens is 256 g/mol. The van der Waals surface area contributed by atoms with Crippen LogP contribution >= 0.6 is 11.3 Å². The molecule has 0 unspecified atom stereocenters. The molecule has 3 nitrogen and oxygen atoms in total. The summed E-state index contributed by atoms with van der Waals surface area (Å²) in [4.78, 5) is 13.2. The third kappa shape index (κ3) is 3.58. The topological polar surface area (TPSA) is 41.1 Å². The van der Waals surface area contributed by atoms with Gasteiger partial charge in [-0.15, -0.1) is 11.3 Å². The fourth-order valence-corrected chi connectivity index (χ4v) is 2.52. The van der Waals surface area contributed by atoms with Crippen molar-refractivity contribution in [2.24, 2.45) is 0 Å². The molecule has 2 rings (SSSR count). The highest BCUT2D eigenvalue weighted by Crippen LogP contribution is 2.16. The summed E-state index contributed by atoms with van der Waals surface area (Å²) in [6.45, 7) is 5.53. The van der Waals surface area contributed by atoms with Crippen LogP contribution in [0.3, 0.4) is 0 Å². The standard InChI is InChI=1S/C15H18N2OS/c1-3-16-14-7-6-12(9-11(14)2)15(18)17-10-13-5-4-8-19-13/h4-9,16H,3,10H2,1-2H3,(H,17,18). The van der Waals surface area contributed by atoms with Gasteiger partial charge in [-0.3, -0.25) is 4.79 Å². The maximum atomic E-state index is 12.0. The van der Waals surface area contributed by atoms with Crippen molar-refractivity contribution < 1.29 is 4.79 Å². The molecule has 0 bridgehead atoms. The second-order valence-electron chi connectivity index (χ2n) is 4.32. The Morgan fingerprint density at radius 3 is 2.79 bits per heavy atom. The van der Waals surface area contributed by atoms with Gasteiger partial charge in [-0.05, 0) is 49.1 Å². The first-order chi connectivity index (χ1) is 9.20. The normalized spacial score (nSPS) is 10.2. The average molecular weight is 274 g/mol. The fourth-order valence-electron chi connectivity index (χ4n) is 1.88. The van der Waals surface area contributed by atoms with Crippen LogP contribution < -0.4 is 10.6 Å². The lowest BCUT2D eigenvalue weighted by atomic mass is 10.1. The highest BCUT2D eigenvalue weighted by atomic mass is 32.1. The summed E-state index contributed by atoms with van der Waals surface area (Å²) in [6, 6.07) is 9.74. The first-order valence-electron chi connectivity index (χ1n) is 6.36. The number of thiophene rings is 1. The lowest BCUT2D eigenvalue weighted by molar-refractivity contribution is 0.0951. The molecule has 0 radical (unpaired) electrons. The summed E-state index contributed by atoms with van der Waals surface area (Å²) < 4.78 is 0. The number of anilines is 1. The zero-order valence-corrected chi connectivity index (χ0v) is 12.0. The molecule has 1 heterocycles. The van der Waals surface area contributed by atoms with Crippen LogP contribution in [0, 0.1) is 6.92 Å². The Morgan fingerprint density at radius 2 is 2.16 bits per heavy atom. The van der Waals surface area contributed by atoms with Crippen molar-refractivity contribution in [2.45, 2.75) is 20.4 Å². The minimum Gasteiger partial charge on any atom is -0.385 e. The first kappa shape index (κ1) is 13.6. The van der Waals surface area contributed by atoms with Crippen LogP contribution in [-0.4, -0.2) is 12.5 Å². The van der Waals surface area contributed by atoms with Crippen molar-refractivity contribution in [3.05, 3.63) is 51.7 Å². The molecule has 100 valence electrons. The van der Waals surface area contributed by atoms with Crippen LogP contribution in [0.15, 0.2) is 35.7 Å². The lowest BCUT2D eigenvalue weighted by Crippen LogP contribution is -2.22. The quantitative estimate of drug-likeness (QED) is 0.877. The van der Waals surface area contributed by atoms with Gasteiger partial charge >= 0.3 is 0 Å². The van der Waals surface area contributed by atoms with E-state index in [2.05, 4.69) is 17.6 Å². The number of hydrogen-bond acceptors (Lipinski definition) is 3. The van der Waals surface area contributed by atoms with Gasteiger partial charge in [0.25, 0.3) is 5.91 Å². The van der Waals surface area contributed by atoms with E-state index in [9.17, 15) is 4.79 Å². The Balaban J connectivity index is 2.01. The summed E-state index contributed by atoms with van der Waals surface area (Å²) in [5.74, 6) is -0.0282. The van der Waals surface area contributed by atoms with E-state index in [-0.39, 0.29) is 5.91 Å². The highest BCUT2D eigenvalue weighted by Gasteiger charge is 2.07. The van der Waals surface area contributed by atoms with Crippen molar-refractivity contribution in [1.29, 1.82) is 0 Å². The molecule has 0 spiro atoms. The van der Waals surface area contributed by atoms with Gasteiger partial charge in [-0.1, -0.05) is 6.07 Å². The molecule has 0 saturated heterocycles. The van der Waals surface area contributed by atoms with Gasteiger partial charge in [0.05, 0.1) is 6.54 Å². The maximum absolute atomic E-state index is 12.0. The van der Waals surface area contributed by atoms with Crippen molar-refractivity contribution in [2.75, 3.05) is 11.9 Å². The molecule has 2 N–H and O–H groups in total.